The summed E-state index contributed by atoms with van der Waals surface area (Å²) in [6, 6.07) is 0. The number of ether oxygens (including phenoxy) is 2. The van der Waals surface area contributed by atoms with Gasteiger partial charge in [0.15, 0.2) is 0 Å². The minimum absolute atomic E-state index is 0.118. The van der Waals surface area contributed by atoms with Crippen LogP contribution in [-0.4, -0.2) is 51.6 Å². The summed E-state index contributed by atoms with van der Waals surface area (Å²) in [6.07, 6.45) is 4.98. The van der Waals surface area contributed by atoms with Gasteiger partial charge in [-0.05, 0) is 0 Å². The Morgan fingerprint density at radius 1 is 0.680 bits per heavy atom. The van der Waals surface area contributed by atoms with E-state index >= 15 is 0 Å². The Bertz CT molecular complexity index is 416. The molecule has 0 radical (unpaired) electrons. The van der Waals surface area contributed by atoms with Crippen molar-refractivity contribution in [1.82, 2.24) is 0 Å². The van der Waals surface area contributed by atoms with Crippen molar-refractivity contribution in [2.24, 2.45) is 5.41 Å². The van der Waals surface area contributed by atoms with Crippen LogP contribution < -0.4 is 0 Å². The van der Waals surface area contributed by atoms with Gasteiger partial charge in [0.25, 0.3) is 0 Å². The molecule has 0 saturated carbocycles. The number of carbonyl (C=O) groups is 2. The van der Waals surface area contributed by atoms with Crippen LogP contribution in [0.3, 0.4) is 0 Å². The quantitative estimate of drug-likeness (QED) is 0.103. The normalized spacial score (nSPS) is 10.6. The maximum absolute atomic E-state index is 11.4. The van der Waals surface area contributed by atoms with Crippen LogP contribution in [0.5, 0.6) is 0 Å². The minimum atomic E-state index is -1.08. The van der Waals surface area contributed by atoms with E-state index < -0.39 is 17.4 Å². The molecule has 0 amide bonds. The summed E-state index contributed by atoms with van der Waals surface area (Å²) in [4.78, 5) is 42.6. The van der Waals surface area contributed by atoms with Crippen LogP contribution in [0.1, 0.15) is 0 Å². The number of hydrogen-bond donors (Lipinski definition) is 0. The van der Waals surface area contributed by atoms with E-state index in [9.17, 15) is 9.59 Å². The third-order valence-electron chi connectivity index (χ3n) is 2.64. The van der Waals surface area contributed by atoms with Gasteiger partial charge in [-0.2, -0.15) is 0 Å². The molecular formula is C17H24O8. The fourth-order valence-corrected chi connectivity index (χ4v) is 1.34. The second-order valence-corrected chi connectivity index (χ2v) is 4.79. The lowest BCUT2D eigenvalue weighted by atomic mass is 9.92. The lowest BCUT2D eigenvalue weighted by molar-refractivity contribution is -0.340. The molecule has 0 rings (SSSR count). The third-order valence-corrected chi connectivity index (χ3v) is 2.64. The molecule has 0 aromatic heterocycles. The maximum Gasteiger partial charge on any atom is 0.330 e. The average Bonchev–Trinajstić information content (AvgIpc) is 2.64. The summed E-state index contributed by atoms with van der Waals surface area (Å²) in [7, 11) is 0. The molecule has 0 saturated heterocycles. The molecule has 0 fully saturated rings. The van der Waals surface area contributed by atoms with Crippen molar-refractivity contribution in [3.63, 3.8) is 0 Å². The molecule has 0 atom stereocenters. The lowest BCUT2D eigenvalue weighted by Gasteiger charge is -2.30. The Morgan fingerprint density at radius 2 is 1.08 bits per heavy atom. The first kappa shape index (κ1) is 22.7. The second-order valence-electron chi connectivity index (χ2n) is 4.79. The summed E-state index contributed by atoms with van der Waals surface area (Å²) < 4.78 is 10.1. The molecule has 0 spiro atoms. The van der Waals surface area contributed by atoms with Gasteiger partial charge < -0.3 is 9.47 Å². The van der Waals surface area contributed by atoms with Gasteiger partial charge in [0.1, 0.15) is 26.4 Å². The smallest absolute Gasteiger partial charge is 0.330 e. The molecule has 0 aliphatic heterocycles. The highest BCUT2D eigenvalue weighted by Gasteiger charge is 2.36. The van der Waals surface area contributed by atoms with Gasteiger partial charge in [0.05, 0.1) is 18.6 Å². The van der Waals surface area contributed by atoms with Gasteiger partial charge in [-0.3, -0.25) is 0 Å². The number of hydrogen-bond acceptors (Lipinski definition) is 8. The van der Waals surface area contributed by atoms with Crippen LogP contribution in [-0.2, 0) is 38.6 Å². The highest BCUT2D eigenvalue weighted by molar-refractivity contribution is 5.81. The Morgan fingerprint density at radius 3 is 1.40 bits per heavy atom. The van der Waals surface area contributed by atoms with E-state index in [0.29, 0.717) is 0 Å². The second kappa shape index (κ2) is 14.1. The minimum Gasteiger partial charge on any atom is -0.462 e. The molecular weight excluding hydrogens is 332 g/mol. The van der Waals surface area contributed by atoms with Gasteiger partial charge in [-0.15, -0.1) is 13.2 Å². The molecule has 0 heterocycles. The predicted octanol–water partition coefficient (Wildman–Crippen LogP) is 1.70. The van der Waals surface area contributed by atoms with Crippen LogP contribution in [0.15, 0.2) is 50.6 Å². The fraction of sp³-hybridized carbons (Fsp3) is 0.412. The molecule has 0 aromatic rings. The van der Waals surface area contributed by atoms with E-state index in [1.165, 1.54) is 12.2 Å². The van der Waals surface area contributed by atoms with Crippen LogP contribution >= 0.6 is 0 Å². The first-order chi connectivity index (χ1) is 12.0. The Kier molecular flexibility index (Phi) is 12.8. The van der Waals surface area contributed by atoms with Crippen molar-refractivity contribution >= 4 is 11.9 Å². The average molecular weight is 356 g/mol. The molecule has 0 aliphatic rings. The SMILES string of the molecule is C=CCOOCC(COOCC=C)(COC(=O)C=C)COC(=O)C=C. The van der Waals surface area contributed by atoms with E-state index in [2.05, 4.69) is 26.3 Å². The van der Waals surface area contributed by atoms with Gasteiger partial charge in [0.2, 0.25) is 0 Å². The van der Waals surface area contributed by atoms with Gasteiger partial charge in [-0.1, -0.05) is 25.3 Å². The summed E-state index contributed by atoms with van der Waals surface area (Å²) in [5.41, 5.74) is -1.08. The van der Waals surface area contributed by atoms with Gasteiger partial charge >= 0.3 is 11.9 Å². The zero-order valence-electron chi connectivity index (χ0n) is 14.1. The van der Waals surface area contributed by atoms with Crippen LogP contribution in [0, 0.1) is 5.41 Å². The van der Waals surface area contributed by atoms with Crippen LogP contribution in [0.4, 0.5) is 0 Å². The molecule has 25 heavy (non-hydrogen) atoms. The standard InChI is InChI=1S/C17H24O8/c1-5-9-22-24-13-17(11-20-15(18)7-3,12-21-16(19)8-4)14-25-23-10-6-2/h5-8H,1-4,9-14H2. The monoisotopic (exact) mass is 356 g/mol. The molecule has 0 aliphatic carbocycles. The maximum atomic E-state index is 11.4. The third kappa shape index (κ3) is 11.0. The van der Waals surface area contributed by atoms with Crippen molar-refractivity contribution in [2.45, 2.75) is 0 Å². The highest BCUT2D eigenvalue weighted by Crippen LogP contribution is 2.21. The molecule has 0 unspecified atom stereocenters. The molecule has 140 valence electrons. The van der Waals surface area contributed by atoms with E-state index in [4.69, 9.17) is 29.0 Å². The first-order valence-electron chi connectivity index (χ1n) is 7.32. The van der Waals surface area contributed by atoms with Crippen molar-refractivity contribution in [2.75, 3.05) is 39.6 Å². The van der Waals surface area contributed by atoms with Crippen LogP contribution in [0.25, 0.3) is 0 Å². The Balaban J connectivity index is 5.02. The number of esters is 2. The lowest BCUT2D eigenvalue weighted by Crippen LogP contribution is -2.42. The van der Waals surface area contributed by atoms with Gasteiger partial charge in [-0.25, -0.2) is 29.1 Å². The predicted molar refractivity (Wildman–Crippen MR) is 88.9 cm³/mol. The summed E-state index contributed by atoms with van der Waals surface area (Å²) in [5.74, 6) is -1.31. The Labute approximate surface area is 147 Å². The van der Waals surface area contributed by atoms with Crippen molar-refractivity contribution in [3.8, 4) is 0 Å². The van der Waals surface area contributed by atoms with E-state index in [1.54, 1.807) is 0 Å². The van der Waals surface area contributed by atoms with E-state index in [1.807, 2.05) is 0 Å². The van der Waals surface area contributed by atoms with Crippen LogP contribution in [0.2, 0.25) is 0 Å². The van der Waals surface area contributed by atoms with Crippen molar-refractivity contribution < 1.29 is 38.6 Å². The number of rotatable bonds is 16. The van der Waals surface area contributed by atoms with E-state index in [-0.39, 0.29) is 39.6 Å². The highest BCUT2D eigenvalue weighted by atomic mass is 17.2. The summed E-state index contributed by atoms with van der Waals surface area (Å²) >= 11 is 0. The van der Waals surface area contributed by atoms with Gasteiger partial charge in [0, 0.05) is 12.2 Å². The topological polar surface area (TPSA) is 89.5 Å². The molecule has 0 bridgehead atoms. The Hall–Kier alpha value is -2.26. The van der Waals surface area contributed by atoms with E-state index in [0.717, 1.165) is 12.2 Å². The summed E-state index contributed by atoms with van der Waals surface area (Å²) in [5, 5.41) is 0. The fourth-order valence-electron chi connectivity index (χ4n) is 1.34. The molecule has 0 aromatic carbocycles. The van der Waals surface area contributed by atoms with Crippen molar-refractivity contribution in [1.29, 1.82) is 0 Å². The zero-order chi connectivity index (χ0) is 19.0. The largest absolute Gasteiger partial charge is 0.462 e. The zero-order valence-corrected chi connectivity index (χ0v) is 14.1. The molecule has 8 heteroatoms. The summed E-state index contributed by atoms with van der Waals surface area (Å²) in [6.45, 7) is 13.3. The number of carbonyl (C=O) groups excluding carboxylic acids is 2. The molecule has 0 N–H and O–H groups in total. The first-order valence-corrected chi connectivity index (χ1v) is 7.32. The molecule has 8 nitrogen and oxygen atoms in total. The van der Waals surface area contributed by atoms with Crippen molar-refractivity contribution in [3.05, 3.63) is 50.6 Å².